The number of aliphatic hydroxyl groups excluding tert-OH is 1. The normalized spacial score (nSPS) is 11.2. The molecule has 39 heavy (non-hydrogen) atoms. The van der Waals surface area contributed by atoms with E-state index in [4.69, 9.17) is 5.11 Å². The third-order valence-electron chi connectivity index (χ3n) is 5.98. The molecule has 0 aliphatic carbocycles. The molecule has 0 aliphatic rings. The molecule has 2 heterocycles. The van der Waals surface area contributed by atoms with Gasteiger partial charge in [0.1, 0.15) is 11.6 Å². The fraction of sp³-hybridized carbons (Fsp3) is 0.0625. The van der Waals surface area contributed by atoms with Crippen molar-refractivity contribution in [2.24, 2.45) is 0 Å². The SMILES string of the molecule is CC(=O)/C=C(/C)O.Fc1cccc(F)c1-c1cc2c(-c3[c-]c4ccccc4c4ccccc34)nccc2s1.[Ir]. The average Bonchev–Trinajstić information content (AvgIpc) is 3.32. The number of allylic oxidation sites excluding steroid dienone is 2. The molecule has 1 radical (unpaired) electrons. The predicted molar refractivity (Wildman–Crippen MR) is 151 cm³/mol. The Morgan fingerprint density at radius 3 is 2.15 bits per heavy atom. The maximum atomic E-state index is 14.4. The molecule has 2 aromatic heterocycles. The Morgan fingerprint density at radius 1 is 0.872 bits per heavy atom. The second kappa shape index (κ2) is 12.0. The molecule has 0 bridgehead atoms. The largest absolute Gasteiger partial charge is 0.512 e. The molecule has 1 N–H and O–H groups in total. The molecule has 0 aliphatic heterocycles. The van der Waals surface area contributed by atoms with Crippen molar-refractivity contribution in [1.29, 1.82) is 0 Å². The van der Waals surface area contributed by atoms with E-state index in [1.807, 2.05) is 42.5 Å². The van der Waals surface area contributed by atoms with E-state index >= 15 is 0 Å². The number of carbonyl (C=O) groups excluding carboxylic acids is 1. The summed E-state index contributed by atoms with van der Waals surface area (Å²) < 4.78 is 29.8. The Labute approximate surface area is 241 Å². The molecule has 6 aromatic rings. The number of aliphatic hydroxyl groups is 1. The van der Waals surface area contributed by atoms with E-state index in [1.165, 1.54) is 49.5 Å². The van der Waals surface area contributed by atoms with E-state index in [9.17, 15) is 13.6 Å². The summed E-state index contributed by atoms with van der Waals surface area (Å²) in [5.74, 6) is -1.19. The van der Waals surface area contributed by atoms with Gasteiger partial charge in [0.15, 0.2) is 5.78 Å². The summed E-state index contributed by atoms with van der Waals surface area (Å²) in [6.07, 6.45) is 2.91. The Balaban J connectivity index is 0.000000394. The molecular formula is C32H22F2IrNO2S-. The van der Waals surface area contributed by atoms with Gasteiger partial charge in [-0.05, 0) is 43.5 Å². The predicted octanol–water partition coefficient (Wildman–Crippen LogP) is 9.05. The number of hydrogen-bond acceptors (Lipinski definition) is 4. The summed E-state index contributed by atoms with van der Waals surface area (Å²) in [5.41, 5.74) is 1.65. The van der Waals surface area contributed by atoms with Crippen molar-refractivity contribution in [3.05, 3.63) is 115 Å². The zero-order valence-corrected chi connectivity index (χ0v) is 24.2. The number of benzene rings is 4. The van der Waals surface area contributed by atoms with Crippen molar-refractivity contribution in [1.82, 2.24) is 4.98 Å². The number of aromatic nitrogens is 1. The number of carbonyl (C=O) groups is 1. The van der Waals surface area contributed by atoms with E-state index < -0.39 is 11.6 Å². The van der Waals surface area contributed by atoms with Crippen LogP contribution in [-0.2, 0) is 24.9 Å². The van der Waals surface area contributed by atoms with Crippen LogP contribution >= 0.6 is 11.3 Å². The second-order valence-electron chi connectivity index (χ2n) is 8.77. The molecule has 3 nitrogen and oxygen atoms in total. The first-order valence-electron chi connectivity index (χ1n) is 11.9. The molecule has 0 spiro atoms. The van der Waals surface area contributed by atoms with E-state index in [1.54, 1.807) is 6.20 Å². The maximum absolute atomic E-state index is 14.4. The summed E-state index contributed by atoms with van der Waals surface area (Å²) in [7, 11) is 0. The van der Waals surface area contributed by atoms with Crippen LogP contribution in [0.3, 0.4) is 0 Å². The average molecular weight is 715 g/mol. The summed E-state index contributed by atoms with van der Waals surface area (Å²) in [6, 6.07) is 27.6. The van der Waals surface area contributed by atoms with Gasteiger partial charge in [-0.1, -0.05) is 70.3 Å². The number of pyridine rings is 1. The molecule has 6 rings (SSSR count). The Kier molecular flexibility index (Phi) is 8.66. The standard InChI is InChI=1S/C27H14F2NS.C5H8O2.Ir/c28-22-10-5-11-23(29)26(22)25-15-21-24(31-25)12-13-30-27(21)20-14-16-6-1-2-7-17(16)18-8-3-4-9-19(18)20;1-4(6)3-5(2)7;/h1-13,15H;3,6H,1-2H3;/q-1;;/b;4-3-;. The van der Waals surface area contributed by atoms with Gasteiger partial charge >= 0.3 is 0 Å². The summed E-state index contributed by atoms with van der Waals surface area (Å²) in [6.45, 7) is 2.85. The molecule has 0 saturated heterocycles. The van der Waals surface area contributed by atoms with Gasteiger partial charge in [-0.3, -0.25) is 9.78 Å². The number of halogens is 2. The van der Waals surface area contributed by atoms with Crippen LogP contribution in [0.15, 0.2) is 96.9 Å². The van der Waals surface area contributed by atoms with Crippen LogP contribution in [0.25, 0.3) is 53.3 Å². The van der Waals surface area contributed by atoms with E-state index in [-0.39, 0.29) is 37.2 Å². The molecule has 0 amide bonds. The van der Waals surface area contributed by atoms with Gasteiger partial charge in [-0.25, -0.2) is 8.78 Å². The zero-order valence-electron chi connectivity index (χ0n) is 21.0. The second-order valence-corrected chi connectivity index (χ2v) is 9.85. The van der Waals surface area contributed by atoms with Gasteiger partial charge in [0.25, 0.3) is 0 Å². The molecule has 0 saturated carbocycles. The molecule has 0 fully saturated rings. The monoisotopic (exact) mass is 715 g/mol. The van der Waals surface area contributed by atoms with Crippen LogP contribution < -0.4 is 0 Å². The van der Waals surface area contributed by atoms with Gasteiger partial charge < -0.3 is 5.11 Å². The fourth-order valence-corrected chi connectivity index (χ4v) is 5.57. The molecule has 0 unspecified atom stereocenters. The minimum atomic E-state index is -0.566. The van der Waals surface area contributed by atoms with Crippen molar-refractivity contribution >= 4 is 48.8 Å². The number of hydrogen-bond donors (Lipinski definition) is 1. The fourth-order valence-electron chi connectivity index (χ4n) is 4.46. The maximum Gasteiger partial charge on any atom is 0.155 e. The number of ketones is 1. The minimum Gasteiger partial charge on any atom is -0.512 e. The number of rotatable bonds is 3. The summed E-state index contributed by atoms with van der Waals surface area (Å²) >= 11 is 1.36. The van der Waals surface area contributed by atoms with Crippen molar-refractivity contribution < 1.29 is 38.8 Å². The zero-order chi connectivity index (χ0) is 26.8. The number of fused-ring (bicyclic) bond motifs is 4. The third kappa shape index (κ3) is 5.81. The van der Waals surface area contributed by atoms with Crippen molar-refractivity contribution in [2.45, 2.75) is 13.8 Å². The minimum absolute atomic E-state index is 0. The first-order chi connectivity index (χ1) is 18.3. The molecule has 4 aromatic carbocycles. The van der Waals surface area contributed by atoms with Gasteiger partial charge in [-0.2, -0.15) is 0 Å². The van der Waals surface area contributed by atoms with Crippen LogP contribution in [0.1, 0.15) is 13.8 Å². The van der Waals surface area contributed by atoms with Crippen molar-refractivity contribution in [2.75, 3.05) is 0 Å². The van der Waals surface area contributed by atoms with Crippen LogP contribution in [-0.4, -0.2) is 15.9 Å². The van der Waals surface area contributed by atoms with E-state index in [0.29, 0.717) is 4.88 Å². The Hall–Kier alpha value is -3.77. The first kappa shape index (κ1) is 28.2. The number of nitrogens with zero attached hydrogens (tertiary/aromatic N) is 1. The van der Waals surface area contributed by atoms with Crippen molar-refractivity contribution in [3.8, 4) is 21.7 Å². The third-order valence-corrected chi connectivity index (χ3v) is 7.09. The Morgan fingerprint density at radius 2 is 1.51 bits per heavy atom. The number of thiophene rings is 1. The van der Waals surface area contributed by atoms with Gasteiger partial charge in [0.05, 0.1) is 11.3 Å². The van der Waals surface area contributed by atoms with E-state index in [2.05, 4.69) is 29.2 Å². The summed E-state index contributed by atoms with van der Waals surface area (Å²) in [5, 5.41) is 13.5. The van der Waals surface area contributed by atoms with Crippen LogP contribution in [0, 0.1) is 17.7 Å². The van der Waals surface area contributed by atoms with Gasteiger partial charge in [0, 0.05) is 47.6 Å². The molecule has 0 atom stereocenters. The Bertz CT molecular complexity index is 1840. The van der Waals surface area contributed by atoms with Crippen LogP contribution in [0.2, 0.25) is 0 Å². The smallest absolute Gasteiger partial charge is 0.155 e. The van der Waals surface area contributed by atoms with E-state index in [0.717, 1.165) is 42.9 Å². The van der Waals surface area contributed by atoms with Crippen LogP contribution in [0.4, 0.5) is 8.78 Å². The quantitative estimate of drug-likeness (QED) is 0.0862. The molecular weight excluding hydrogens is 693 g/mol. The first-order valence-corrected chi connectivity index (χ1v) is 12.7. The molecule has 197 valence electrons. The topological polar surface area (TPSA) is 50.2 Å². The molecule has 7 heteroatoms. The van der Waals surface area contributed by atoms with Crippen LogP contribution in [0.5, 0.6) is 0 Å². The van der Waals surface area contributed by atoms with Crippen molar-refractivity contribution in [3.63, 3.8) is 0 Å². The van der Waals surface area contributed by atoms with Gasteiger partial charge in [0.2, 0.25) is 0 Å². The summed E-state index contributed by atoms with van der Waals surface area (Å²) in [4.78, 5) is 15.2. The van der Waals surface area contributed by atoms with Gasteiger partial charge in [-0.15, -0.1) is 28.9 Å².